The molecule has 9 heteroatoms. The van der Waals surface area contributed by atoms with Gasteiger partial charge in [0.25, 0.3) is 0 Å². The number of benzene rings is 2. The number of halogens is 1. The maximum Gasteiger partial charge on any atom is 0.306 e. The maximum absolute atomic E-state index is 11.7. The Labute approximate surface area is 238 Å². The first-order chi connectivity index (χ1) is 18.5. The molecule has 1 amide bonds. The lowest BCUT2D eigenvalue weighted by Crippen LogP contribution is -2.46. The number of esters is 1. The van der Waals surface area contributed by atoms with Gasteiger partial charge in [-0.25, -0.2) is 0 Å². The van der Waals surface area contributed by atoms with Gasteiger partial charge in [0.1, 0.15) is 11.5 Å². The van der Waals surface area contributed by atoms with Crippen LogP contribution in [0.3, 0.4) is 0 Å². The zero-order valence-electron chi connectivity index (χ0n) is 23.2. The first kappa shape index (κ1) is 30.6. The summed E-state index contributed by atoms with van der Waals surface area (Å²) in [5.41, 5.74) is 3.18. The number of piperazine rings is 1. The molecule has 0 bridgehead atoms. The molecule has 0 saturated carbocycles. The summed E-state index contributed by atoms with van der Waals surface area (Å²) in [7, 11) is 0. The number of rotatable bonds is 13. The molecule has 2 aliphatic heterocycles. The van der Waals surface area contributed by atoms with E-state index in [1.165, 1.54) is 5.56 Å². The molecule has 39 heavy (non-hydrogen) atoms. The molecule has 1 N–H and O–H groups in total. The van der Waals surface area contributed by atoms with Gasteiger partial charge in [-0.05, 0) is 69.8 Å². The van der Waals surface area contributed by atoms with Gasteiger partial charge in [-0.3, -0.25) is 14.5 Å². The summed E-state index contributed by atoms with van der Waals surface area (Å²) >= 11 is 0. The van der Waals surface area contributed by atoms with E-state index in [2.05, 4.69) is 27.2 Å². The number of fused-ring (bicyclic) bond motifs is 1. The highest BCUT2D eigenvalue weighted by molar-refractivity contribution is 5.94. The van der Waals surface area contributed by atoms with E-state index in [0.29, 0.717) is 32.5 Å². The summed E-state index contributed by atoms with van der Waals surface area (Å²) in [5, 5.41) is 2.93. The fourth-order valence-corrected chi connectivity index (χ4v) is 4.84. The van der Waals surface area contributed by atoms with Crippen molar-refractivity contribution in [3.8, 4) is 11.5 Å². The van der Waals surface area contributed by atoms with Gasteiger partial charge >= 0.3 is 5.97 Å². The number of para-hydroxylation sites is 2. The average molecular weight is 560 g/mol. The Morgan fingerprint density at radius 3 is 2.51 bits per heavy atom. The van der Waals surface area contributed by atoms with E-state index in [9.17, 15) is 9.59 Å². The molecule has 0 aromatic heterocycles. The van der Waals surface area contributed by atoms with Crippen LogP contribution in [0.2, 0.25) is 0 Å². The number of amides is 1. The summed E-state index contributed by atoms with van der Waals surface area (Å²) < 4.78 is 17.2. The quantitative estimate of drug-likeness (QED) is 0.270. The largest absolute Gasteiger partial charge is 0.494 e. The molecule has 2 aromatic carbocycles. The van der Waals surface area contributed by atoms with Crippen LogP contribution in [0, 0.1) is 0 Å². The fourth-order valence-electron chi connectivity index (χ4n) is 4.84. The number of nitrogens with one attached hydrogen (secondary N) is 1. The number of nitrogens with zero attached hydrogens (tertiary/aromatic N) is 2. The van der Waals surface area contributed by atoms with Gasteiger partial charge < -0.3 is 24.4 Å². The van der Waals surface area contributed by atoms with E-state index in [1.54, 1.807) is 0 Å². The lowest BCUT2D eigenvalue weighted by Gasteiger charge is -2.36. The van der Waals surface area contributed by atoms with Crippen molar-refractivity contribution in [1.82, 2.24) is 4.90 Å². The molecule has 8 nitrogen and oxygen atoms in total. The summed E-state index contributed by atoms with van der Waals surface area (Å²) in [4.78, 5) is 28.3. The van der Waals surface area contributed by atoms with Gasteiger partial charge in [0.2, 0.25) is 5.91 Å². The van der Waals surface area contributed by atoms with Crippen LogP contribution < -0.4 is 19.7 Å². The van der Waals surface area contributed by atoms with Crippen LogP contribution in [0.5, 0.6) is 11.5 Å². The van der Waals surface area contributed by atoms with Crippen molar-refractivity contribution < 1.29 is 23.8 Å². The van der Waals surface area contributed by atoms with Crippen molar-refractivity contribution in [2.24, 2.45) is 0 Å². The Morgan fingerprint density at radius 1 is 0.949 bits per heavy atom. The monoisotopic (exact) mass is 559 g/mol. The van der Waals surface area contributed by atoms with E-state index in [1.807, 2.05) is 44.2 Å². The molecule has 0 spiro atoms. The molecule has 214 valence electrons. The van der Waals surface area contributed by atoms with Crippen molar-refractivity contribution in [3.05, 3.63) is 48.0 Å². The number of hydrogen-bond donors (Lipinski definition) is 1. The summed E-state index contributed by atoms with van der Waals surface area (Å²) in [6.45, 7) is 9.89. The molecule has 0 atom stereocenters. The minimum absolute atomic E-state index is 0. The third kappa shape index (κ3) is 9.62. The third-order valence-corrected chi connectivity index (χ3v) is 6.84. The van der Waals surface area contributed by atoms with Crippen LogP contribution in [0.15, 0.2) is 42.5 Å². The highest BCUT2D eigenvalue weighted by atomic mass is 35.5. The molecule has 0 unspecified atom stereocenters. The first-order valence-corrected chi connectivity index (χ1v) is 13.9. The van der Waals surface area contributed by atoms with Crippen LogP contribution in [0.4, 0.5) is 11.4 Å². The van der Waals surface area contributed by atoms with Gasteiger partial charge in [-0.15, -0.1) is 12.4 Å². The van der Waals surface area contributed by atoms with Crippen LogP contribution in [-0.4, -0.2) is 68.8 Å². The van der Waals surface area contributed by atoms with E-state index in [0.717, 1.165) is 74.9 Å². The fraction of sp³-hybridized carbons (Fsp3) is 0.533. The molecular formula is C30H42ClN3O5. The minimum atomic E-state index is -0.173. The minimum Gasteiger partial charge on any atom is -0.494 e. The number of hydrogen-bond acceptors (Lipinski definition) is 7. The van der Waals surface area contributed by atoms with Crippen LogP contribution >= 0.6 is 12.4 Å². The normalized spacial score (nSPS) is 15.3. The highest BCUT2D eigenvalue weighted by Crippen LogP contribution is 2.29. The zero-order chi connectivity index (χ0) is 26.7. The smallest absolute Gasteiger partial charge is 0.306 e. The average Bonchev–Trinajstić information content (AvgIpc) is 2.91. The summed E-state index contributed by atoms with van der Waals surface area (Å²) in [5.74, 6) is 1.59. The zero-order valence-corrected chi connectivity index (χ0v) is 24.0. The first-order valence-electron chi connectivity index (χ1n) is 13.9. The second-order valence-electron chi connectivity index (χ2n) is 10.2. The number of unbranched alkanes of at least 4 members (excludes halogenated alkanes) is 1. The number of carbonyl (C=O) groups is 2. The predicted octanol–water partition coefficient (Wildman–Crippen LogP) is 5.08. The van der Waals surface area contributed by atoms with Gasteiger partial charge in [0, 0.05) is 50.8 Å². The van der Waals surface area contributed by atoms with Crippen LogP contribution in [0.1, 0.15) is 51.5 Å². The Morgan fingerprint density at radius 2 is 1.72 bits per heavy atom. The lowest BCUT2D eigenvalue weighted by molar-refractivity contribution is -0.147. The van der Waals surface area contributed by atoms with Crippen molar-refractivity contribution >= 4 is 35.7 Å². The second kappa shape index (κ2) is 15.6. The van der Waals surface area contributed by atoms with E-state index >= 15 is 0 Å². The number of aryl methyl sites for hydroxylation is 1. The van der Waals surface area contributed by atoms with Gasteiger partial charge in [-0.1, -0.05) is 18.2 Å². The second-order valence-corrected chi connectivity index (χ2v) is 10.2. The standard InChI is InChI=1S/C30H41N3O5.ClH/c1-23(2)38-30(35)10-7-21-37-28-9-4-3-8-27(28)33-18-16-32(17-19-33)15-5-6-20-36-25-13-11-24-12-14-29(34)31-26(24)22-25;/h3-4,8-9,11,13,22-23H,5-7,10,12,14-21H2,1-2H3,(H,31,34);1H. The summed E-state index contributed by atoms with van der Waals surface area (Å²) in [6.07, 6.45) is 4.35. The topological polar surface area (TPSA) is 80.3 Å². The molecule has 4 rings (SSSR count). The molecule has 1 saturated heterocycles. The predicted molar refractivity (Wildman–Crippen MR) is 156 cm³/mol. The van der Waals surface area contributed by atoms with E-state index in [-0.39, 0.29) is 30.4 Å². The van der Waals surface area contributed by atoms with E-state index < -0.39 is 0 Å². The molecule has 0 aliphatic carbocycles. The SMILES string of the molecule is CC(C)OC(=O)CCCOc1ccccc1N1CCN(CCCCOc2ccc3c(c2)NC(=O)CC3)CC1.Cl. The van der Waals surface area contributed by atoms with Gasteiger partial charge in [0.05, 0.1) is 25.0 Å². The Balaban J connectivity index is 0.00000420. The van der Waals surface area contributed by atoms with Crippen molar-refractivity contribution in [3.63, 3.8) is 0 Å². The Kier molecular flexibility index (Phi) is 12.2. The third-order valence-electron chi connectivity index (χ3n) is 6.84. The van der Waals surface area contributed by atoms with Crippen LogP contribution in [-0.2, 0) is 20.7 Å². The highest BCUT2D eigenvalue weighted by Gasteiger charge is 2.20. The summed E-state index contributed by atoms with van der Waals surface area (Å²) in [6, 6.07) is 14.1. The van der Waals surface area contributed by atoms with Crippen LogP contribution in [0.25, 0.3) is 0 Å². The lowest BCUT2D eigenvalue weighted by atomic mass is 10.0. The van der Waals surface area contributed by atoms with Gasteiger partial charge in [-0.2, -0.15) is 0 Å². The molecule has 2 aliphatic rings. The molecule has 0 radical (unpaired) electrons. The van der Waals surface area contributed by atoms with E-state index in [4.69, 9.17) is 14.2 Å². The number of ether oxygens (including phenoxy) is 3. The Bertz CT molecular complexity index is 1070. The number of carbonyl (C=O) groups excluding carboxylic acids is 2. The molecule has 2 aromatic rings. The van der Waals surface area contributed by atoms with Crippen molar-refractivity contribution in [2.45, 2.75) is 58.5 Å². The molecule has 1 fully saturated rings. The Hall–Kier alpha value is -2.97. The number of anilines is 2. The molecular weight excluding hydrogens is 518 g/mol. The van der Waals surface area contributed by atoms with Crippen molar-refractivity contribution in [1.29, 1.82) is 0 Å². The maximum atomic E-state index is 11.7. The van der Waals surface area contributed by atoms with Crippen molar-refractivity contribution in [2.75, 3.05) is 56.2 Å². The molecule has 2 heterocycles. The van der Waals surface area contributed by atoms with Gasteiger partial charge in [0.15, 0.2) is 0 Å².